The molecule has 1 aromatic heterocycles. The highest BCUT2D eigenvalue weighted by Crippen LogP contribution is 2.42. The van der Waals surface area contributed by atoms with Crippen molar-refractivity contribution in [1.82, 2.24) is 4.57 Å². The molecule has 2 aromatic carbocycles. The number of nitrogens with zero attached hydrogens (tertiary/aromatic N) is 1. The minimum Gasteiger partial charge on any atom is -0.508 e. The van der Waals surface area contributed by atoms with Crippen LogP contribution in [0.1, 0.15) is 34.7 Å². The number of aromatic hydroxyl groups is 2. The van der Waals surface area contributed by atoms with Gasteiger partial charge in [0.05, 0.1) is 40.4 Å². The lowest BCUT2D eigenvalue weighted by Crippen LogP contribution is -2.29. The highest BCUT2D eigenvalue weighted by Gasteiger charge is 2.30. The molecule has 0 radical (unpaired) electrons. The number of aromatic nitrogens is 1. The summed E-state index contributed by atoms with van der Waals surface area (Å²) in [5.74, 6) is -0.377. The third kappa shape index (κ3) is 5.56. The quantitative estimate of drug-likeness (QED) is 0.409. The summed E-state index contributed by atoms with van der Waals surface area (Å²) in [5.41, 5.74) is 1.57. The summed E-state index contributed by atoms with van der Waals surface area (Å²) in [6, 6.07) is 11.5. The zero-order chi connectivity index (χ0) is 26.4. The van der Waals surface area contributed by atoms with Crippen molar-refractivity contribution in [2.75, 3.05) is 28.4 Å². The minimum atomic E-state index is -0.889. The number of hydrogen-bond donors (Lipinski definition) is 2. The number of hydrogen-bond acceptors (Lipinski definition) is 8. The second-order valence-electron chi connectivity index (χ2n) is 8.24. The summed E-state index contributed by atoms with van der Waals surface area (Å²) in [5, 5.41) is 20.5. The Balaban J connectivity index is 2.16. The van der Waals surface area contributed by atoms with E-state index < -0.39 is 17.4 Å². The number of carbonyl (C=O) groups is 1. The Morgan fingerprint density at radius 2 is 1.53 bits per heavy atom. The molecule has 0 fully saturated rings. The fraction of sp³-hybridized carbons (Fsp3) is 0.333. The molecule has 0 spiro atoms. The van der Waals surface area contributed by atoms with Crippen molar-refractivity contribution in [3.63, 3.8) is 0 Å². The molecule has 0 aliphatic heterocycles. The van der Waals surface area contributed by atoms with Crippen LogP contribution in [0.15, 0.2) is 47.3 Å². The van der Waals surface area contributed by atoms with Gasteiger partial charge in [0.15, 0.2) is 11.5 Å². The van der Waals surface area contributed by atoms with E-state index in [1.54, 1.807) is 47.9 Å². The Labute approximate surface area is 209 Å². The van der Waals surface area contributed by atoms with E-state index in [1.165, 1.54) is 34.5 Å². The number of rotatable bonds is 10. The summed E-state index contributed by atoms with van der Waals surface area (Å²) in [6.45, 7) is 2.06. The van der Waals surface area contributed by atoms with Crippen molar-refractivity contribution in [2.45, 2.75) is 32.2 Å². The van der Waals surface area contributed by atoms with Gasteiger partial charge in [-0.1, -0.05) is 12.1 Å². The average Bonchev–Trinajstić information content (AvgIpc) is 2.87. The van der Waals surface area contributed by atoms with Crippen LogP contribution in [0.5, 0.6) is 28.7 Å². The molecule has 1 heterocycles. The van der Waals surface area contributed by atoms with Gasteiger partial charge in [-0.25, -0.2) is 0 Å². The van der Waals surface area contributed by atoms with Gasteiger partial charge in [-0.3, -0.25) is 9.59 Å². The van der Waals surface area contributed by atoms with E-state index in [0.29, 0.717) is 41.5 Å². The highest BCUT2D eigenvalue weighted by atomic mass is 16.5. The van der Waals surface area contributed by atoms with E-state index in [4.69, 9.17) is 18.9 Å². The lowest BCUT2D eigenvalue weighted by Gasteiger charge is -2.23. The van der Waals surface area contributed by atoms with Crippen LogP contribution >= 0.6 is 0 Å². The Hall–Kier alpha value is -4.14. The lowest BCUT2D eigenvalue weighted by atomic mass is 9.87. The molecule has 0 unspecified atom stereocenters. The van der Waals surface area contributed by atoms with Gasteiger partial charge >= 0.3 is 5.97 Å². The van der Waals surface area contributed by atoms with Crippen molar-refractivity contribution in [3.8, 4) is 28.7 Å². The number of phenols is 1. The van der Waals surface area contributed by atoms with Crippen LogP contribution in [-0.2, 0) is 22.5 Å². The fourth-order valence-electron chi connectivity index (χ4n) is 4.22. The standard InChI is InChI=1S/C27H31NO8/c1-16-12-21(30)26(27(32)28(16)11-10-17-6-8-18(29)9-7-17)20(14-25(31)36-5)19-13-23(34-3)24(35-4)15-22(19)33-2/h6-9,12-13,15,20,29-30H,10-11,14H2,1-5H3/t20-/m1/s1. The van der Waals surface area contributed by atoms with E-state index in [0.717, 1.165) is 5.56 Å². The van der Waals surface area contributed by atoms with Crippen molar-refractivity contribution in [1.29, 1.82) is 0 Å². The number of aryl methyl sites for hydroxylation is 2. The van der Waals surface area contributed by atoms with E-state index >= 15 is 0 Å². The first-order valence-corrected chi connectivity index (χ1v) is 11.3. The molecule has 36 heavy (non-hydrogen) atoms. The molecule has 192 valence electrons. The third-order valence-electron chi connectivity index (χ3n) is 6.14. The number of benzene rings is 2. The summed E-state index contributed by atoms with van der Waals surface area (Å²) in [7, 11) is 5.69. The van der Waals surface area contributed by atoms with E-state index in [9.17, 15) is 19.8 Å². The van der Waals surface area contributed by atoms with Crippen LogP contribution in [0.2, 0.25) is 0 Å². The SMILES string of the molecule is COC(=O)C[C@H](c1cc(OC)c(OC)cc1OC)c1c(O)cc(C)n(CCc2ccc(O)cc2)c1=O. The lowest BCUT2D eigenvalue weighted by molar-refractivity contribution is -0.140. The third-order valence-corrected chi connectivity index (χ3v) is 6.14. The molecule has 3 aromatic rings. The van der Waals surface area contributed by atoms with Crippen LogP contribution in [0.4, 0.5) is 0 Å². The first kappa shape index (κ1) is 26.5. The van der Waals surface area contributed by atoms with Crippen molar-refractivity contribution in [3.05, 3.63) is 75.2 Å². The Morgan fingerprint density at radius 3 is 2.11 bits per heavy atom. The maximum Gasteiger partial charge on any atom is 0.306 e. The van der Waals surface area contributed by atoms with E-state index in [2.05, 4.69) is 0 Å². The number of ether oxygens (including phenoxy) is 4. The number of methoxy groups -OCH3 is 4. The molecule has 0 bridgehead atoms. The molecule has 2 N–H and O–H groups in total. The Bertz CT molecular complexity index is 1280. The molecule has 9 heteroatoms. The van der Waals surface area contributed by atoms with Crippen molar-refractivity contribution >= 4 is 5.97 Å². The predicted molar refractivity (Wildman–Crippen MR) is 133 cm³/mol. The molecule has 1 atom stereocenters. The number of phenolic OH excluding ortho intramolecular Hbond substituents is 1. The molecule has 0 saturated carbocycles. The van der Waals surface area contributed by atoms with E-state index in [1.807, 2.05) is 0 Å². The van der Waals surface area contributed by atoms with Crippen LogP contribution in [0, 0.1) is 6.92 Å². The summed E-state index contributed by atoms with van der Waals surface area (Å²) in [4.78, 5) is 26.2. The van der Waals surface area contributed by atoms with Gasteiger partial charge in [-0.05, 0) is 43.2 Å². The monoisotopic (exact) mass is 497 g/mol. The van der Waals surface area contributed by atoms with Crippen LogP contribution in [0.25, 0.3) is 0 Å². The largest absolute Gasteiger partial charge is 0.508 e. The molecular formula is C27H31NO8. The molecular weight excluding hydrogens is 466 g/mol. The van der Waals surface area contributed by atoms with Gasteiger partial charge in [0, 0.05) is 29.8 Å². The molecule has 0 aliphatic rings. The zero-order valence-corrected chi connectivity index (χ0v) is 21.0. The Morgan fingerprint density at radius 1 is 0.917 bits per heavy atom. The predicted octanol–water partition coefficient (Wildman–Crippen LogP) is 3.53. The minimum absolute atomic E-state index is 0.0437. The van der Waals surface area contributed by atoms with Crippen molar-refractivity contribution in [2.24, 2.45) is 0 Å². The van der Waals surface area contributed by atoms with Crippen molar-refractivity contribution < 1.29 is 34.0 Å². The number of pyridine rings is 1. The van der Waals surface area contributed by atoms with Crippen LogP contribution < -0.4 is 19.8 Å². The van der Waals surface area contributed by atoms with Gasteiger partial charge < -0.3 is 33.7 Å². The molecule has 0 amide bonds. The van der Waals surface area contributed by atoms with Crippen LogP contribution in [-0.4, -0.2) is 49.2 Å². The second-order valence-corrected chi connectivity index (χ2v) is 8.24. The van der Waals surface area contributed by atoms with Gasteiger partial charge in [0.25, 0.3) is 5.56 Å². The van der Waals surface area contributed by atoms with Gasteiger partial charge in [-0.2, -0.15) is 0 Å². The first-order chi connectivity index (χ1) is 17.2. The van der Waals surface area contributed by atoms with Gasteiger partial charge in [0.2, 0.25) is 0 Å². The maximum absolute atomic E-state index is 13.8. The Kier molecular flexibility index (Phi) is 8.47. The zero-order valence-electron chi connectivity index (χ0n) is 21.0. The second kappa shape index (κ2) is 11.5. The average molecular weight is 498 g/mol. The summed E-state index contributed by atoms with van der Waals surface area (Å²) < 4.78 is 22.8. The molecule has 0 saturated heterocycles. The molecule has 9 nitrogen and oxygen atoms in total. The topological polar surface area (TPSA) is 116 Å². The fourth-order valence-corrected chi connectivity index (χ4v) is 4.22. The first-order valence-electron chi connectivity index (χ1n) is 11.3. The van der Waals surface area contributed by atoms with Gasteiger partial charge in [-0.15, -0.1) is 0 Å². The summed E-state index contributed by atoms with van der Waals surface area (Å²) in [6.07, 6.45) is 0.304. The van der Waals surface area contributed by atoms with Gasteiger partial charge in [0.1, 0.15) is 17.2 Å². The van der Waals surface area contributed by atoms with Crippen LogP contribution in [0.3, 0.4) is 0 Å². The normalized spacial score (nSPS) is 11.6. The smallest absolute Gasteiger partial charge is 0.306 e. The van der Waals surface area contributed by atoms with E-state index in [-0.39, 0.29) is 23.5 Å². The maximum atomic E-state index is 13.8. The molecule has 3 rings (SSSR count). The highest BCUT2D eigenvalue weighted by molar-refractivity contribution is 5.72. The summed E-state index contributed by atoms with van der Waals surface area (Å²) >= 11 is 0. The number of carbonyl (C=O) groups excluding carboxylic acids is 1. The molecule has 0 aliphatic carbocycles. The number of esters is 1.